The van der Waals surface area contributed by atoms with Crippen LogP contribution in [0.3, 0.4) is 0 Å². The molecule has 0 saturated heterocycles. The van der Waals surface area contributed by atoms with Gasteiger partial charge in [0.2, 0.25) is 0 Å². The molecule has 0 radical (unpaired) electrons. The number of benzene rings is 1. The molecule has 0 amide bonds. The standard InChI is InChI=1S/C11H10Br.2ClH.Zr/c1-7-3-4-8(2)11-6-9(12)5-10(7)11;;;/h3-6H,1-2H3;2*1H;/q-1;;;+2/p-2. The molecule has 2 aromatic carbocycles. The van der Waals surface area contributed by atoms with Gasteiger partial charge < -0.3 is 0 Å². The second-order valence-electron chi connectivity index (χ2n) is 3.27. The zero-order valence-electron chi connectivity index (χ0n) is 8.44. The van der Waals surface area contributed by atoms with Gasteiger partial charge in [-0.05, 0) is 6.92 Å². The van der Waals surface area contributed by atoms with Gasteiger partial charge in [-0.15, -0.1) is 28.5 Å². The number of fused-ring (bicyclic) bond motifs is 1. The first-order chi connectivity index (χ1) is 7.10. The van der Waals surface area contributed by atoms with Crippen LogP contribution >= 0.6 is 33.0 Å². The number of rotatable bonds is 0. The van der Waals surface area contributed by atoms with E-state index >= 15 is 0 Å². The van der Waals surface area contributed by atoms with Crippen LogP contribution in [0.25, 0.3) is 10.8 Å². The number of hydrogen-bond donors (Lipinski definition) is 0. The van der Waals surface area contributed by atoms with E-state index in [2.05, 4.69) is 54.0 Å². The Morgan fingerprint density at radius 1 is 1.20 bits per heavy atom. The minimum atomic E-state index is -0.826. The number of aryl methyl sites for hydroxylation is 2. The molecule has 0 spiro atoms. The zero-order valence-corrected chi connectivity index (χ0v) is 14.0. The van der Waals surface area contributed by atoms with Crippen molar-refractivity contribution in [3.05, 3.63) is 39.9 Å². The summed E-state index contributed by atoms with van der Waals surface area (Å²) in [6.07, 6.45) is 0. The Hall–Kier alpha value is 0.773. The van der Waals surface area contributed by atoms with Gasteiger partial charge in [0.05, 0.1) is 0 Å². The molecule has 2 rings (SSSR count). The Morgan fingerprint density at radius 2 is 1.73 bits per heavy atom. The molecule has 0 atom stereocenters. The summed E-state index contributed by atoms with van der Waals surface area (Å²) in [5, 5.41) is 2.73. The molecule has 0 fully saturated rings. The van der Waals surface area contributed by atoms with Gasteiger partial charge in [0, 0.05) is 0 Å². The molecule has 0 N–H and O–H groups in total. The first-order valence-electron chi connectivity index (χ1n) is 4.38. The zero-order chi connectivity index (χ0) is 11.4. The first kappa shape index (κ1) is 13.8. The normalized spacial score (nSPS) is 9.67. The molecule has 2 aromatic rings. The van der Waals surface area contributed by atoms with E-state index in [4.69, 9.17) is 17.0 Å². The van der Waals surface area contributed by atoms with Crippen molar-refractivity contribution < 1.29 is 20.8 Å². The van der Waals surface area contributed by atoms with Crippen molar-refractivity contribution in [2.24, 2.45) is 0 Å². The van der Waals surface area contributed by atoms with Crippen molar-refractivity contribution in [3.63, 3.8) is 0 Å². The molecule has 0 nitrogen and oxygen atoms in total. The Balaban J connectivity index is 0.000000337. The summed E-state index contributed by atoms with van der Waals surface area (Å²) in [5.41, 5.74) is 2.70. The molecular weight excluding hydrogens is 374 g/mol. The summed E-state index contributed by atoms with van der Waals surface area (Å²) >= 11 is 2.67. The molecule has 0 aliphatic rings. The fourth-order valence-electron chi connectivity index (χ4n) is 1.56. The Bertz CT molecular complexity index is 412. The van der Waals surface area contributed by atoms with E-state index in [0.29, 0.717) is 0 Å². The topological polar surface area (TPSA) is 0 Å². The quantitative estimate of drug-likeness (QED) is 0.540. The molecule has 0 aromatic heterocycles. The van der Waals surface area contributed by atoms with E-state index in [1.165, 1.54) is 26.4 Å². The van der Waals surface area contributed by atoms with Crippen molar-refractivity contribution in [2.45, 2.75) is 13.8 Å². The van der Waals surface area contributed by atoms with Crippen molar-refractivity contribution in [1.82, 2.24) is 0 Å². The van der Waals surface area contributed by atoms with Crippen LogP contribution in [0.1, 0.15) is 11.1 Å². The maximum absolute atomic E-state index is 4.93. The molecule has 0 bridgehead atoms. The summed E-state index contributed by atoms with van der Waals surface area (Å²) < 4.78 is 1.18. The fraction of sp³-hybridized carbons (Fsp3) is 0.182. The van der Waals surface area contributed by atoms with Crippen LogP contribution in [0.5, 0.6) is 0 Å². The third-order valence-electron chi connectivity index (χ3n) is 2.29. The predicted octanol–water partition coefficient (Wildman–Crippen LogP) is 5.31. The van der Waals surface area contributed by atoms with Gasteiger partial charge >= 0.3 is 37.9 Å². The monoisotopic (exact) mass is 381 g/mol. The van der Waals surface area contributed by atoms with Gasteiger partial charge in [-0.25, -0.2) is 0 Å². The molecule has 0 aliphatic heterocycles. The fourth-order valence-corrected chi connectivity index (χ4v) is 2.01. The Labute approximate surface area is 117 Å². The van der Waals surface area contributed by atoms with E-state index in [1.54, 1.807) is 0 Å². The molecule has 0 aliphatic carbocycles. The summed E-state index contributed by atoms with van der Waals surface area (Å²) in [7, 11) is 9.87. The molecule has 15 heavy (non-hydrogen) atoms. The maximum atomic E-state index is 4.93. The van der Waals surface area contributed by atoms with Crippen LogP contribution in [-0.2, 0) is 20.8 Å². The van der Waals surface area contributed by atoms with Crippen LogP contribution in [0.4, 0.5) is 0 Å². The summed E-state index contributed by atoms with van der Waals surface area (Å²) in [4.78, 5) is 0. The van der Waals surface area contributed by atoms with E-state index in [9.17, 15) is 0 Å². The molecule has 0 unspecified atom stereocenters. The van der Waals surface area contributed by atoms with Gasteiger partial charge in [-0.3, -0.25) is 0 Å². The van der Waals surface area contributed by atoms with Crippen LogP contribution in [0.15, 0.2) is 28.7 Å². The third kappa shape index (κ3) is 3.63. The van der Waals surface area contributed by atoms with Gasteiger partial charge in [-0.1, -0.05) is 39.0 Å². The average molecular weight is 384 g/mol. The Morgan fingerprint density at radius 3 is 2.27 bits per heavy atom. The van der Waals surface area contributed by atoms with Gasteiger partial charge in [-0.2, -0.15) is 6.07 Å². The summed E-state index contributed by atoms with van der Waals surface area (Å²) in [6, 6.07) is 8.70. The molecule has 0 heterocycles. The second kappa shape index (κ2) is 6.49. The van der Waals surface area contributed by atoms with Crippen LogP contribution < -0.4 is 0 Å². The number of halogens is 3. The second-order valence-corrected chi connectivity index (χ2v) is 7.92. The van der Waals surface area contributed by atoms with E-state index in [-0.39, 0.29) is 0 Å². The van der Waals surface area contributed by atoms with Crippen molar-refractivity contribution in [1.29, 1.82) is 0 Å². The van der Waals surface area contributed by atoms with Crippen LogP contribution in [0.2, 0.25) is 0 Å². The summed E-state index contributed by atoms with van der Waals surface area (Å²) in [5.74, 6) is 0. The SMILES string of the molecule is Cc1ccc(C)c2[cH-]c(Br)cc12.[Cl][Zr][Cl]. The van der Waals surface area contributed by atoms with Gasteiger partial charge in [0.1, 0.15) is 0 Å². The van der Waals surface area contributed by atoms with E-state index in [1.807, 2.05) is 0 Å². The number of hydrogen-bond acceptors (Lipinski definition) is 0. The van der Waals surface area contributed by atoms with Crippen molar-refractivity contribution >= 4 is 43.7 Å². The summed E-state index contributed by atoms with van der Waals surface area (Å²) in [6.45, 7) is 4.29. The molecule has 80 valence electrons. The van der Waals surface area contributed by atoms with Crippen LogP contribution in [-0.4, -0.2) is 0 Å². The minimum absolute atomic E-state index is 0.826. The Kier molecular flexibility index (Phi) is 5.99. The molecule has 0 saturated carbocycles. The van der Waals surface area contributed by atoms with E-state index in [0.717, 1.165) is 0 Å². The average Bonchev–Trinajstić information content (AvgIpc) is 2.56. The predicted molar refractivity (Wildman–Crippen MR) is 68.4 cm³/mol. The van der Waals surface area contributed by atoms with E-state index < -0.39 is 20.8 Å². The van der Waals surface area contributed by atoms with Crippen LogP contribution in [0, 0.1) is 13.8 Å². The van der Waals surface area contributed by atoms with Gasteiger partial charge in [0.15, 0.2) is 0 Å². The third-order valence-corrected chi connectivity index (χ3v) is 2.75. The van der Waals surface area contributed by atoms with Crippen molar-refractivity contribution in [2.75, 3.05) is 0 Å². The molecular formula is C11H10BrCl2Zr-. The van der Waals surface area contributed by atoms with Gasteiger partial charge in [0.25, 0.3) is 0 Å². The first-order valence-corrected chi connectivity index (χ1v) is 11.5. The molecule has 4 heteroatoms. The van der Waals surface area contributed by atoms with Crippen molar-refractivity contribution in [3.8, 4) is 0 Å².